The molecule has 1 atom stereocenters. The molecule has 0 amide bonds. The molecule has 0 fully saturated rings. The van der Waals surface area contributed by atoms with Gasteiger partial charge >= 0.3 is 0 Å². The molecule has 88 valence electrons. The summed E-state index contributed by atoms with van der Waals surface area (Å²) in [4.78, 5) is 0. The molecule has 0 saturated heterocycles. The Morgan fingerprint density at radius 1 is 1.22 bits per heavy atom. The summed E-state index contributed by atoms with van der Waals surface area (Å²) in [5.74, 6) is -0.173. The molecule has 1 unspecified atom stereocenters. The second kappa shape index (κ2) is 4.22. The summed E-state index contributed by atoms with van der Waals surface area (Å²) >= 11 is 7.38. The average Bonchev–Trinajstić information content (AvgIpc) is 2.38. The number of rotatable bonds is 0. The highest BCUT2D eigenvalue weighted by molar-refractivity contribution is 9.25. The first-order chi connectivity index (χ1) is 8.63. The molecule has 0 bridgehead atoms. The predicted octanol–water partition coefficient (Wildman–Crippen LogP) is 4.66. The number of hydrogen-bond acceptors (Lipinski definition) is 1. The van der Waals surface area contributed by atoms with Crippen LogP contribution in [0.15, 0.2) is 54.1 Å². The minimum atomic E-state index is -0.385. The van der Waals surface area contributed by atoms with E-state index in [9.17, 15) is 5.26 Å². The van der Waals surface area contributed by atoms with Gasteiger partial charge in [0.25, 0.3) is 0 Å². The third-order valence-corrected chi connectivity index (χ3v) is 4.58. The van der Waals surface area contributed by atoms with Crippen molar-refractivity contribution in [2.75, 3.05) is 0 Å². The minimum absolute atomic E-state index is 0.173. The van der Waals surface area contributed by atoms with Crippen LogP contribution in [-0.4, -0.2) is 0 Å². The smallest absolute Gasteiger partial charge is 0.124 e. The molecule has 0 aromatic heterocycles. The van der Waals surface area contributed by atoms with E-state index < -0.39 is 0 Å². The zero-order valence-electron chi connectivity index (χ0n) is 9.40. The maximum absolute atomic E-state index is 9.25. The van der Waals surface area contributed by atoms with Crippen LogP contribution in [0.1, 0.15) is 11.1 Å². The van der Waals surface area contributed by atoms with Crippen molar-refractivity contribution in [2.24, 2.45) is 5.92 Å². The number of hydrogen-bond donors (Lipinski definition) is 0. The van der Waals surface area contributed by atoms with Crippen LogP contribution in [-0.2, 0) is 3.23 Å². The number of benzene rings is 1. The molecular formula is C15H9Br2N. The molecule has 0 radical (unpaired) electrons. The van der Waals surface area contributed by atoms with Gasteiger partial charge in [-0.3, -0.25) is 0 Å². The maximum atomic E-state index is 9.25. The molecule has 0 saturated carbocycles. The lowest BCUT2D eigenvalue weighted by Crippen LogP contribution is -2.19. The Labute approximate surface area is 123 Å². The van der Waals surface area contributed by atoms with E-state index in [4.69, 9.17) is 0 Å². The fraction of sp³-hybridized carbons (Fsp3) is 0.133. The van der Waals surface area contributed by atoms with Crippen molar-refractivity contribution in [3.05, 3.63) is 65.3 Å². The van der Waals surface area contributed by atoms with Crippen molar-refractivity contribution in [3.63, 3.8) is 0 Å². The molecule has 2 aliphatic rings. The van der Waals surface area contributed by atoms with Crippen molar-refractivity contribution >= 4 is 37.4 Å². The Bertz CT molecular complexity index is 645. The van der Waals surface area contributed by atoms with Crippen LogP contribution in [0.4, 0.5) is 0 Å². The largest absolute Gasteiger partial charge is 0.197 e. The summed E-state index contributed by atoms with van der Waals surface area (Å²) in [6, 6.07) is 10.6. The fourth-order valence-electron chi connectivity index (χ4n) is 2.44. The molecule has 3 heteroatoms. The molecule has 0 heterocycles. The first-order valence-electron chi connectivity index (χ1n) is 5.62. The van der Waals surface area contributed by atoms with Gasteiger partial charge in [-0.05, 0) is 28.3 Å². The van der Waals surface area contributed by atoms with Gasteiger partial charge in [-0.2, -0.15) is 5.26 Å². The number of allylic oxidation sites excluding steroid dienone is 6. The van der Waals surface area contributed by atoms with Crippen LogP contribution < -0.4 is 0 Å². The molecular weight excluding hydrogens is 354 g/mol. The Kier molecular flexibility index (Phi) is 2.80. The van der Waals surface area contributed by atoms with Crippen LogP contribution in [0.3, 0.4) is 0 Å². The summed E-state index contributed by atoms with van der Waals surface area (Å²) < 4.78 is -0.385. The van der Waals surface area contributed by atoms with E-state index >= 15 is 0 Å². The summed E-state index contributed by atoms with van der Waals surface area (Å²) in [6.45, 7) is 0. The first-order valence-corrected chi connectivity index (χ1v) is 7.21. The van der Waals surface area contributed by atoms with Crippen molar-refractivity contribution < 1.29 is 0 Å². The van der Waals surface area contributed by atoms with Crippen molar-refractivity contribution in [1.29, 1.82) is 5.26 Å². The van der Waals surface area contributed by atoms with Gasteiger partial charge in [0.1, 0.15) is 3.23 Å². The number of halogens is 2. The monoisotopic (exact) mass is 361 g/mol. The van der Waals surface area contributed by atoms with Crippen molar-refractivity contribution in [2.45, 2.75) is 3.23 Å². The second-order valence-corrected chi connectivity index (χ2v) is 7.91. The predicted molar refractivity (Wildman–Crippen MR) is 80.3 cm³/mol. The SMILES string of the molecule is N#CC1C=CC=C2C1=CC(Br)(Br)c1ccccc12. The number of nitriles is 1. The maximum Gasteiger partial charge on any atom is 0.124 e. The lowest BCUT2D eigenvalue weighted by molar-refractivity contribution is 0.971. The molecule has 18 heavy (non-hydrogen) atoms. The number of fused-ring (bicyclic) bond motifs is 3. The van der Waals surface area contributed by atoms with Crippen molar-refractivity contribution in [1.82, 2.24) is 0 Å². The molecule has 0 N–H and O–H groups in total. The fourth-order valence-corrected chi connectivity index (χ4v) is 3.62. The van der Waals surface area contributed by atoms with E-state index in [1.54, 1.807) is 0 Å². The summed E-state index contributed by atoms with van der Waals surface area (Å²) in [5, 5.41) is 9.25. The highest BCUT2D eigenvalue weighted by Crippen LogP contribution is 2.51. The third kappa shape index (κ3) is 1.72. The molecule has 1 aromatic carbocycles. The molecule has 0 aliphatic heterocycles. The van der Waals surface area contributed by atoms with Crippen molar-refractivity contribution in [3.8, 4) is 6.07 Å². The molecule has 1 aromatic rings. The van der Waals surface area contributed by atoms with E-state index in [0.29, 0.717) is 0 Å². The quantitative estimate of drug-likeness (QED) is 0.615. The lowest BCUT2D eigenvalue weighted by atomic mass is 9.79. The second-order valence-electron chi connectivity index (χ2n) is 4.34. The van der Waals surface area contributed by atoms with Gasteiger partial charge in [0.2, 0.25) is 0 Å². The zero-order chi connectivity index (χ0) is 12.8. The zero-order valence-corrected chi connectivity index (χ0v) is 12.6. The van der Waals surface area contributed by atoms with E-state index in [-0.39, 0.29) is 9.15 Å². The molecule has 2 aliphatic carbocycles. The Morgan fingerprint density at radius 2 is 2.00 bits per heavy atom. The summed E-state index contributed by atoms with van der Waals surface area (Å²) in [7, 11) is 0. The van der Waals surface area contributed by atoms with E-state index in [2.05, 4.69) is 62.2 Å². The van der Waals surface area contributed by atoms with Crippen LogP contribution >= 0.6 is 31.9 Å². The van der Waals surface area contributed by atoms with Gasteiger partial charge in [-0.25, -0.2) is 0 Å². The molecule has 0 spiro atoms. The highest BCUT2D eigenvalue weighted by Gasteiger charge is 2.35. The topological polar surface area (TPSA) is 23.8 Å². The van der Waals surface area contributed by atoms with E-state index in [0.717, 1.165) is 11.1 Å². The highest BCUT2D eigenvalue weighted by atomic mass is 79.9. The minimum Gasteiger partial charge on any atom is -0.197 e. The molecule has 3 rings (SSSR count). The number of alkyl halides is 2. The first kappa shape index (κ1) is 12.0. The number of nitrogens with zero attached hydrogens (tertiary/aromatic N) is 1. The summed E-state index contributed by atoms with van der Waals surface area (Å²) in [6.07, 6.45) is 8.05. The van der Waals surface area contributed by atoms with Gasteiger partial charge in [0.05, 0.1) is 12.0 Å². The van der Waals surface area contributed by atoms with Crippen LogP contribution in [0, 0.1) is 17.2 Å². The Morgan fingerprint density at radius 3 is 2.78 bits per heavy atom. The normalized spacial score (nSPS) is 23.3. The van der Waals surface area contributed by atoms with Crippen LogP contribution in [0.5, 0.6) is 0 Å². The van der Waals surface area contributed by atoms with Gasteiger partial charge in [0.15, 0.2) is 0 Å². The third-order valence-electron chi connectivity index (χ3n) is 3.26. The van der Waals surface area contributed by atoms with Gasteiger partial charge < -0.3 is 0 Å². The Balaban J connectivity index is 2.28. The Hall–Kier alpha value is -1.11. The van der Waals surface area contributed by atoms with E-state index in [1.165, 1.54) is 11.1 Å². The lowest BCUT2D eigenvalue weighted by Gasteiger charge is -2.31. The van der Waals surface area contributed by atoms with Crippen LogP contribution in [0.25, 0.3) is 5.57 Å². The standard InChI is InChI=1S/C15H9Br2N/c16-15(17)8-13-10(9-18)4-3-6-11(13)12-5-1-2-7-14(12)15/h1-8,10H. The van der Waals surface area contributed by atoms with E-state index in [1.807, 2.05) is 24.3 Å². The van der Waals surface area contributed by atoms with Gasteiger partial charge in [0, 0.05) is 0 Å². The summed E-state index contributed by atoms with van der Waals surface area (Å²) in [5.41, 5.74) is 4.56. The molecule has 1 nitrogen and oxygen atoms in total. The van der Waals surface area contributed by atoms with Gasteiger partial charge in [-0.15, -0.1) is 0 Å². The van der Waals surface area contributed by atoms with Crippen LogP contribution in [0.2, 0.25) is 0 Å². The van der Waals surface area contributed by atoms with Gasteiger partial charge in [-0.1, -0.05) is 74.4 Å². The average molecular weight is 363 g/mol.